The maximum absolute atomic E-state index is 12.8. The summed E-state index contributed by atoms with van der Waals surface area (Å²) in [4.78, 5) is 30.9. The summed E-state index contributed by atoms with van der Waals surface area (Å²) in [5, 5.41) is 23.2. The number of Topliss-reactive ketones (excluding diaryl/α,β-unsaturated/α-hetero) is 1. The van der Waals surface area contributed by atoms with Gasteiger partial charge in [0.25, 0.3) is 11.7 Å². The molecule has 1 atom stereocenters. The van der Waals surface area contributed by atoms with Crippen LogP contribution in [-0.4, -0.2) is 58.0 Å². The van der Waals surface area contributed by atoms with Crippen molar-refractivity contribution in [2.75, 3.05) is 26.2 Å². The van der Waals surface area contributed by atoms with Crippen LogP contribution in [0.5, 0.6) is 0 Å². The van der Waals surface area contributed by atoms with Crippen LogP contribution in [-0.2, 0) is 9.59 Å². The number of aliphatic hydroxyl groups excluding tert-OH is 2. The topological polar surface area (TPSA) is 103 Å². The van der Waals surface area contributed by atoms with Gasteiger partial charge in [-0.15, -0.1) is 0 Å². The summed E-state index contributed by atoms with van der Waals surface area (Å²) in [6.07, 6.45) is 3.16. The number of hydrogen-bond acceptors (Lipinski definition) is 6. The maximum Gasteiger partial charge on any atom is 0.295 e. The molecule has 0 spiro atoms. The fourth-order valence-corrected chi connectivity index (χ4v) is 3.29. The largest absolute Gasteiger partial charge is 0.507 e. The number of rotatable bonds is 7. The minimum Gasteiger partial charge on any atom is -0.507 e. The number of hydrogen-bond donors (Lipinski definition) is 3. The second kappa shape index (κ2) is 8.97. The summed E-state index contributed by atoms with van der Waals surface area (Å²) < 4.78 is 0. The van der Waals surface area contributed by atoms with Crippen LogP contribution in [0.4, 0.5) is 0 Å². The van der Waals surface area contributed by atoms with Crippen LogP contribution in [0.15, 0.2) is 54.4 Å². The number of nitrogens with one attached hydrogen (secondary N) is 1. The molecule has 3 N–H and O–H groups in total. The number of amides is 1. The molecule has 7 nitrogen and oxygen atoms in total. The molecule has 1 aliphatic rings. The molecule has 1 aromatic heterocycles. The van der Waals surface area contributed by atoms with E-state index >= 15 is 0 Å². The number of halogens is 1. The van der Waals surface area contributed by atoms with E-state index in [0.717, 1.165) is 0 Å². The van der Waals surface area contributed by atoms with Crippen LogP contribution in [0.25, 0.3) is 5.76 Å². The van der Waals surface area contributed by atoms with Gasteiger partial charge in [-0.2, -0.15) is 0 Å². The highest BCUT2D eigenvalue weighted by atomic mass is 35.5. The van der Waals surface area contributed by atoms with Gasteiger partial charge >= 0.3 is 0 Å². The summed E-state index contributed by atoms with van der Waals surface area (Å²) in [6.45, 7) is 0.987. The molecule has 28 heavy (non-hydrogen) atoms. The van der Waals surface area contributed by atoms with Gasteiger partial charge in [-0.1, -0.05) is 17.7 Å². The quantitative estimate of drug-likeness (QED) is 0.282. The summed E-state index contributed by atoms with van der Waals surface area (Å²) in [5.74, 6) is -1.69. The second-order valence-electron chi connectivity index (χ2n) is 6.26. The van der Waals surface area contributed by atoms with Gasteiger partial charge < -0.3 is 20.4 Å². The first kappa shape index (κ1) is 20.0. The normalized spacial score (nSPS) is 18.6. The summed E-state index contributed by atoms with van der Waals surface area (Å²) in [5.41, 5.74) is 1.04. The van der Waals surface area contributed by atoms with Gasteiger partial charge in [0.05, 0.1) is 18.2 Å². The van der Waals surface area contributed by atoms with E-state index in [0.29, 0.717) is 29.2 Å². The second-order valence-corrected chi connectivity index (χ2v) is 6.70. The van der Waals surface area contributed by atoms with E-state index in [2.05, 4.69) is 10.3 Å². The van der Waals surface area contributed by atoms with Crippen LogP contribution in [0.1, 0.15) is 17.2 Å². The zero-order valence-electron chi connectivity index (χ0n) is 15.0. The van der Waals surface area contributed by atoms with E-state index in [-0.39, 0.29) is 24.5 Å². The predicted octanol–water partition coefficient (Wildman–Crippen LogP) is 1.74. The summed E-state index contributed by atoms with van der Waals surface area (Å²) in [6, 6.07) is 9.10. The smallest absolute Gasteiger partial charge is 0.295 e. The predicted molar refractivity (Wildman–Crippen MR) is 105 cm³/mol. The summed E-state index contributed by atoms with van der Waals surface area (Å²) >= 11 is 5.90. The summed E-state index contributed by atoms with van der Waals surface area (Å²) in [7, 11) is 0. The third kappa shape index (κ3) is 4.06. The zero-order valence-corrected chi connectivity index (χ0v) is 15.8. The van der Waals surface area contributed by atoms with Crippen molar-refractivity contribution in [1.29, 1.82) is 0 Å². The Labute approximate surface area is 167 Å². The lowest BCUT2D eigenvalue weighted by atomic mass is 9.96. The molecule has 0 bridgehead atoms. The molecule has 1 aliphatic heterocycles. The van der Waals surface area contributed by atoms with Crippen LogP contribution in [0.3, 0.4) is 0 Å². The highest BCUT2D eigenvalue weighted by Gasteiger charge is 2.45. The van der Waals surface area contributed by atoms with Crippen molar-refractivity contribution >= 4 is 29.1 Å². The molecule has 8 heteroatoms. The number of pyridine rings is 1. The molecule has 3 rings (SSSR count). The third-order valence-electron chi connectivity index (χ3n) is 4.48. The number of nitrogens with zero attached hydrogens (tertiary/aromatic N) is 2. The number of carbonyl (C=O) groups is 2. The van der Waals surface area contributed by atoms with Gasteiger partial charge in [0.15, 0.2) is 0 Å². The fourth-order valence-electron chi connectivity index (χ4n) is 3.16. The Morgan fingerprint density at radius 2 is 1.93 bits per heavy atom. The standard InChI is InChI=1S/C20H20ClN3O4/c21-15-5-3-13(4-6-15)18(26)16-17(14-2-1-7-23-12-14)24(20(28)19(16)27)10-8-22-9-11-25/h1-7,12,17,22,25-26H,8-11H2/b18-16+. The number of likely N-dealkylation sites (tertiary alicyclic amines) is 1. The lowest BCUT2D eigenvalue weighted by molar-refractivity contribution is -0.139. The van der Waals surface area contributed by atoms with Crippen molar-refractivity contribution in [3.8, 4) is 0 Å². The molecular weight excluding hydrogens is 382 g/mol. The number of aliphatic hydroxyl groups is 2. The molecule has 2 heterocycles. The van der Waals surface area contributed by atoms with Gasteiger partial charge in [-0.05, 0) is 35.9 Å². The number of ketones is 1. The van der Waals surface area contributed by atoms with Crippen LogP contribution < -0.4 is 5.32 Å². The minimum atomic E-state index is -0.750. The Hall–Kier alpha value is -2.74. The number of benzene rings is 1. The Morgan fingerprint density at radius 3 is 2.57 bits per heavy atom. The lowest BCUT2D eigenvalue weighted by Gasteiger charge is -2.25. The van der Waals surface area contributed by atoms with Crippen LogP contribution in [0.2, 0.25) is 5.02 Å². The molecule has 0 aliphatic carbocycles. The van der Waals surface area contributed by atoms with E-state index in [1.54, 1.807) is 48.8 Å². The molecule has 1 amide bonds. The molecular formula is C20H20ClN3O4. The van der Waals surface area contributed by atoms with Crippen molar-refractivity contribution in [1.82, 2.24) is 15.2 Å². The average Bonchev–Trinajstić information content (AvgIpc) is 2.97. The van der Waals surface area contributed by atoms with E-state index in [1.165, 1.54) is 4.90 Å². The van der Waals surface area contributed by atoms with Crippen molar-refractivity contribution in [2.45, 2.75) is 6.04 Å². The fraction of sp³-hybridized carbons (Fsp3) is 0.250. The van der Waals surface area contributed by atoms with Crippen molar-refractivity contribution < 1.29 is 19.8 Å². The van der Waals surface area contributed by atoms with Crippen molar-refractivity contribution in [2.24, 2.45) is 0 Å². The van der Waals surface area contributed by atoms with Gasteiger partial charge in [0.2, 0.25) is 0 Å². The molecule has 1 fully saturated rings. The zero-order chi connectivity index (χ0) is 20.1. The third-order valence-corrected chi connectivity index (χ3v) is 4.73. The van der Waals surface area contributed by atoms with Gasteiger partial charge in [-0.25, -0.2) is 0 Å². The van der Waals surface area contributed by atoms with E-state index in [9.17, 15) is 14.7 Å². The average molecular weight is 402 g/mol. The SMILES string of the molecule is O=C1C(=O)N(CCNCCO)C(c2cccnc2)/C1=C(\O)c1ccc(Cl)cc1. The van der Waals surface area contributed by atoms with Crippen LogP contribution >= 0.6 is 11.6 Å². The first-order valence-corrected chi connectivity index (χ1v) is 9.18. The Bertz CT molecular complexity index is 884. The van der Waals surface area contributed by atoms with Gasteiger partial charge in [0.1, 0.15) is 5.76 Å². The first-order chi connectivity index (χ1) is 13.5. The molecule has 1 aromatic carbocycles. The van der Waals surface area contributed by atoms with Gasteiger partial charge in [0, 0.05) is 42.6 Å². The molecule has 2 aromatic rings. The Morgan fingerprint density at radius 1 is 1.18 bits per heavy atom. The Kier molecular flexibility index (Phi) is 6.41. The monoisotopic (exact) mass is 401 g/mol. The minimum absolute atomic E-state index is 0.0162. The molecule has 0 saturated carbocycles. The molecule has 1 saturated heterocycles. The number of carbonyl (C=O) groups excluding carboxylic acids is 2. The first-order valence-electron chi connectivity index (χ1n) is 8.80. The van der Waals surface area contributed by atoms with Crippen LogP contribution in [0, 0.1) is 0 Å². The highest BCUT2D eigenvalue weighted by molar-refractivity contribution is 6.46. The van der Waals surface area contributed by atoms with Crippen molar-refractivity contribution in [3.63, 3.8) is 0 Å². The molecule has 146 valence electrons. The molecule has 1 unspecified atom stereocenters. The van der Waals surface area contributed by atoms with Gasteiger partial charge in [-0.3, -0.25) is 14.6 Å². The Balaban J connectivity index is 2.03. The molecule has 0 radical (unpaired) electrons. The van der Waals surface area contributed by atoms with E-state index in [4.69, 9.17) is 16.7 Å². The van der Waals surface area contributed by atoms with E-state index in [1.807, 2.05) is 0 Å². The highest BCUT2D eigenvalue weighted by Crippen LogP contribution is 2.38. The maximum atomic E-state index is 12.8. The van der Waals surface area contributed by atoms with Crippen molar-refractivity contribution in [3.05, 3.63) is 70.5 Å². The number of aromatic nitrogens is 1. The lowest BCUT2D eigenvalue weighted by Crippen LogP contribution is -2.36. The van der Waals surface area contributed by atoms with E-state index < -0.39 is 17.7 Å².